The normalized spacial score (nSPS) is 18.0. The van der Waals surface area contributed by atoms with Crippen LogP contribution in [0.15, 0.2) is 21.8 Å². The van der Waals surface area contributed by atoms with Crippen molar-refractivity contribution in [3.8, 4) is 0 Å². The van der Waals surface area contributed by atoms with Crippen molar-refractivity contribution in [2.45, 2.75) is 57.0 Å². The fourth-order valence-corrected chi connectivity index (χ4v) is 10.1. The molecule has 1 aromatic rings. The highest BCUT2D eigenvalue weighted by molar-refractivity contribution is 8.00. The minimum atomic E-state index is -5.32. The van der Waals surface area contributed by atoms with Crippen LogP contribution in [-0.2, 0) is 76.1 Å². The number of nitrogens with two attached hydrogens (primary N) is 1. The Bertz CT molecular complexity index is 1580. The second-order valence-corrected chi connectivity index (χ2v) is 16.6. The number of carboxylic acids is 1. The van der Waals surface area contributed by atoms with Gasteiger partial charge in [0.1, 0.15) is 36.5 Å². The SMILES string of the molecule is CCOOP(=O)(OOCC)C(O)(CCC(=O)OCC1=C(C(=O)O)N2C(=O)[C@@H](NC(=O)/C(=N\OC)c3csc(N)n3)[C@@H]2SC1)P(=O)(OOCC)OOCC. The van der Waals surface area contributed by atoms with Crippen molar-refractivity contribution in [2.24, 2.45) is 5.16 Å². The second kappa shape index (κ2) is 20.0. The topological polar surface area (TPSA) is 302 Å². The molecular formula is C26H39N5O18P2S2. The molecule has 2 atom stereocenters. The zero-order valence-electron chi connectivity index (χ0n) is 28.9. The van der Waals surface area contributed by atoms with Crippen LogP contribution < -0.4 is 11.1 Å². The standard InChI is InChI=1S/C26H39N5O18P2S2/c1-6-42-46-50(38,47-43-7-2)26(37,51(39,48-44-8-3)49-45-9-4)11-10-17(32)41-12-15-13-52-23-19(22(34)31(23)20(15)24(35)36)29-21(33)18(30-40-5)16-14-53-25(27)28-16/h14,19,23,37H,6-13H2,1-5H3,(H2,27,28)(H,29,33)(H,35,36)/b30-18-/t19-,23+/m1/s1. The number of nitrogens with zero attached hydrogens (tertiary/aromatic N) is 3. The molecule has 1 saturated heterocycles. The molecule has 1 fully saturated rings. The van der Waals surface area contributed by atoms with Crippen LogP contribution in [0.3, 0.4) is 0 Å². The maximum Gasteiger partial charge on any atom is 0.428 e. The van der Waals surface area contributed by atoms with E-state index in [4.69, 9.17) is 53.6 Å². The number of aliphatic hydroxyl groups is 1. The molecule has 5 N–H and O–H groups in total. The highest BCUT2D eigenvalue weighted by Gasteiger charge is 2.68. The molecule has 23 nitrogen and oxygen atoms in total. The number of carbonyl (C=O) groups is 4. The zero-order valence-corrected chi connectivity index (χ0v) is 32.4. The fourth-order valence-electron chi connectivity index (χ4n) is 4.38. The molecule has 0 saturated carbocycles. The van der Waals surface area contributed by atoms with Gasteiger partial charge < -0.3 is 30.8 Å². The summed E-state index contributed by atoms with van der Waals surface area (Å²) in [5.41, 5.74) is 4.98. The predicted molar refractivity (Wildman–Crippen MR) is 181 cm³/mol. The Morgan fingerprint density at radius 2 is 1.58 bits per heavy atom. The molecule has 0 bridgehead atoms. The minimum Gasteiger partial charge on any atom is -0.477 e. The van der Waals surface area contributed by atoms with E-state index in [0.717, 1.165) is 28.0 Å². The van der Waals surface area contributed by atoms with Gasteiger partial charge >= 0.3 is 27.1 Å². The van der Waals surface area contributed by atoms with E-state index in [-0.39, 0.29) is 54.3 Å². The first-order valence-electron chi connectivity index (χ1n) is 15.5. The summed E-state index contributed by atoms with van der Waals surface area (Å²) in [6, 6.07) is -1.16. The molecule has 2 aliphatic heterocycles. The molecule has 0 spiro atoms. The molecule has 27 heteroatoms. The van der Waals surface area contributed by atoms with Gasteiger partial charge in [0.2, 0.25) is 0 Å². The summed E-state index contributed by atoms with van der Waals surface area (Å²) in [5, 5.41) is 25.3. The molecule has 3 heterocycles. The minimum absolute atomic E-state index is 0.00451. The smallest absolute Gasteiger partial charge is 0.428 e. The van der Waals surface area contributed by atoms with Gasteiger partial charge in [-0.05, 0) is 27.7 Å². The summed E-state index contributed by atoms with van der Waals surface area (Å²) in [6.45, 7) is 3.99. The van der Waals surface area contributed by atoms with Crippen molar-refractivity contribution in [1.29, 1.82) is 0 Å². The Morgan fingerprint density at radius 1 is 1.04 bits per heavy atom. The number of oxime groups is 1. The number of hydrogen-bond donors (Lipinski definition) is 4. The number of esters is 1. The number of aromatic nitrogens is 1. The van der Waals surface area contributed by atoms with Crippen LogP contribution >= 0.6 is 38.3 Å². The van der Waals surface area contributed by atoms with Crippen molar-refractivity contribution in [1.82, 2.24) is 15.2 Å². The van der Waals surface area contributed by atoms with Gasteiger partial charge in [0.15, 0.2) is 10.8 Å². The average Bonchev–Trinajstić information content (AvgIpc) is 3.58. The van der Waals surface area contributed by atoms with E-state index >= 15 is 0 Å². The molecule has 298 valence electrons. The number of β-lactam (4-membered cyclic amide) rings is 1. The molecule has 0 unspecified atom stereocenters. The number of fused-ring (bicyclic) bond motifs is 1. The number of carboxylic acid groups (broad SMARTS) is 1. The number of thioether (sulfide) groups is 1. The number of rotatable bonds is 24. The van der Waals surface area contributed by atoms with Crippen LogP contribution in [0.5, 0.6) is 0 Å². The number of anilines is 1. The molecule has 0 radical (unpaired) electrons. The lowest BCUT2D eigenvalue weighted by Gasteiger charge is -2.49. The first kappa shape index (κ1) is 44.4. The molecular weight excluding hydrogens is 796 g/mol. The summed E-state index contributed by atoms with van der Waals surface area (Å²) >= 11 is 2.11. The summed E-state index contributed by atoms with van der Waals surface area (Å²) in [6.07, 6.45) is -2.01. The number of ether oxygens (including phenoxy) is 1. The summed E-state index contributed by atoms with van der Waals surface area (Å²) in [5.74, 6) is -4.37. The Hall–Kier alpha value is -3.03. The number of aliphatic carboxylic acids is 1. The van der Waals surface area contributed by atoms with E-state index in [0.29, 0.717) is 0 Å². The molecule has 3 rings (SSSR count). The maximum atomic E-state index is 13.9. The van der Waals surface area contributed by atoms with E-state index < -0.39 is 80.6 Å². The van der Waals surface area contributed by atoms with Gasteiger partial charge in [-0.15, -0.1) is 41.8 Å². The van der Waals surface area contributed by atoms with Crippen molar-refractivity contribution >= 4 is 72.9 Å². The Morgan fingerprint density at radius 3 is 2.04 bits per heavy atom. The number of nitrogen functional groups attached to an aromatic ring is 1. The molecule has 1 aromatic heterocycles. The van der Waals surface area contributed by atoms with Crippen LogP contribution in [0.4, 0.5) is 5.13 Å². The van der Waals surface area contributed by atoms with Gasteiger partial charge in [0, 0.05) is 29.5 Å². The van der Waals surface area contributed by atoms with Crippen LogP contribution in [0.2, 0.25) is 0 Å². The van der Waals surface area contributed by atoms with Crippen molar-refractivity contribution in [2.75, 3.05) is 51.6 Å². The third-order valence-corrected chi connectivity index (χ3v) is 13.6. The quantitative estimate of drug-likeness (QED) is 0.0289. The zero-order chi connectivity index (χ0) is 39.4. The highest BCUT2D eigenvalue weighted by atomic mass is 32.2. The third-order valence-electron chi connectivity index (χ3n) is 6.72. The molecule has 2 amide bonds. The average molecular weight is 836 g/mol. The van der Waals surface area contributed by atoms with Crippen LogP contribution in [-0.4, -0.2) is 112 Å². The number of amides is 2. The van der Waals surface area contributed by atoms with Gasteiger partial charge in [-0.2, -0.15) is 0 Å². The first-order valence-corrected chi connectivity index (χ1v) is 20.5. The highest BCUT2D eigenvalue weighted by Crippen LogP contribution is 2.78. The summed E-state index contributed by atoms with van der Waals surface area (Å²) in [4.78, 5) is 80.1. The van der Waals surface area contributed by atoms with E-state index in [1.807, 2.05) is 0 Å². The second-order valence-electron chi connectivity index (χ2n) is 10.2. The van der Waals surface area contributed by atoms with E-state index in [1.165, 1.54) is 40.2 Å². The summed E-state index contributed by atoms with van der Waals surface area (Å²) < 4.78 is 52.3. The van der Waals surface area contributed by atoms with Gasteiger partial charge in [-0.25, -0.2) is 29.3 Å². The first-order chi connectivity index (χ1) is 25.2. The third kappa shape index (κ3) is 10.2. The Kier molecular flexibility index (Phi) is 16.8. The lowest BCUT2D eigenvalue weighted by molar-refractivity contribution is -0.283. The van der Waals surface area contributed by atoms with Crippen LogP contribution in [0.25, 0.3) is 0 Å². The van der Waals surface area contributed by atoms with E-state index in [1.54, 1.807) is 0 Å². The summed E-state index contributed by atoms with van der Waals surface area (Å²) in [7, 11) is -9.43. The van der Waals surface area contributed by atoms with Crippen LogP contribution in [0.1, 0.15) is 46.2 Å². The van der Waals surface area contributed by atoms with Gasteiger partial charge in [-0.3, -0.25) is 28.4 Å². The largest absolute Gasteiger partial charge is 0.477 e. The monoisotopic (exact) mass is 835 g/mol. The van der Waals surface area contributed by atoms with Gasteiger partial charge in [-0.1, -0.05) is 5.16 Å². The Balaban J connectivity index is 1.79. The van der Waals surface area contributed by atoms with Crippen LogP contribution in [0, 0.1) is 0 Å². The van der Waals surface area contributed by atoms with E-state index in [9.17, 15) is 38.5 Å². The number of carbonyl (C=O) groups excluding carboxylic acids is 3. The van der Waals surface area contributed by atoms with E-state index in [2.05, 4.69) is 15.5 Å². The van der Waals surface area contributed by atoms with Crippen molar-refractivity contribution in [3.05, 3.63) is 22.3 Å². The molecule has 0 aliphatic carbocycles. The number of nitrogens with one attached hydrogen (secondary N) is 1. The van der Waals surface area contributed by atoms with Gasteiger partial charge in [0.25, 0.3) is 16.9 Å². The lowest BCUT2D eigenvalue weighted by atomic mass is 10.0. The Labute approximate surface area is 310 Å². The molecule has 53 heavy (non-hydrogen) atoms. The van der Waals surface area contributed by atoms with Gasteiger partial charge in [0.05, 0.1) is 26.4 Å². The predicted octanol–water partition coefficient (Wildman–Crippen LogP) is 2.04. The van der Waals surface area contributed by atoms with Crippen molar-refractivity contribution in [3.63, 3.8) is 0 Å². The number of hydrogen-bond acceptors (Lipinski definition) is 22. The molecule has 2 aliphatic rings. The van der Waals surface area contributed by atoms with Crippen molar-refractivity contribution < 1.29 is 86.3 Å². The number of thiazole rings is 1. The molecule has 0 aromatic carbocycles. The fraction of sp³-hybridized carbons (Fsp3) is 0.615. The lowest BCUT2D eigenvalue weighted by Crippen LogP contribution is -2.71. The maximum absolute atomic E-state index is 13.9.